The number of carbonyl (C=O) groups excluding carboxylic acids is 2. The van der Waals surface area contributed by atoms with E-state index >= 15 is 0 Å². The number of aromatic nitrogens is 1. The number of thiazole rings is 1. The minimum Gasteiger partial charge on any atom is -0.497 e. The summed E-state index contributed by atoms with van der Waals surface area (Å²) in [5.74, 6) is 0.550. The molecule has 150 valence electrons. The molecule has 0 aliphatic heterocycles. The number of ether oxygens (including phenoxy) is 1. The first kappa shape index (κ1) is 19.8. The number of anilines is 1. The minimum atomic E-state index is -0.167. The Morgan fingerprint density at radius 2 is 1.67 bits per heavy atom. The first-order chi connectivity index (χ1) is 14.5. The van der Waals surface area contributed by atoms with Crippen molar-refractivity contribution in [3.63, 3.8) is 0 Å². The Hall–Kier alpha value is -3.51. The van der Waals surface area contributed by atoms with Crippen LogP contribution in [0.3, 0.4) is 0 Å². The maximum Gasteiger partial charge on any atom is 0.260 e. The van der Waals surface area contributed by atoms with Gasteiger partial charge in [0.25, 0.3) is 5.91 Å². The number of carbonyl (C=O) groups is 2. The van der Waals surface area contributed by atoms with Gasteiger partial charge >= 0.3 is 0 Å². The number of ketones is 1. The quantitative estimate of drug-likeness (QED) is 0.397. The molecule has 5 nitrogen and oxygen atoms in total. The summed E-state index contributed by atoms with van der Waals surface area (Å²) < 4.78 is 6.25. The van der Waals surface area contributed by atoms with Crippen LogP contribution in [0.2, 0.25) is 0 Å². The number of Topliss-reactive ketones (excluding diaryl/α,β-unsaturated/α-hetero) is 1. The predicted molar refractivity (Wildman–Crippen MR) is 120 cm³/mol. The fraction of sp³-hybridized carbons (Fsp3) is 0.125. The van der Waals surface area contributed by atoms with E-state index in [1.165, 1.54) is 18.3 Å². The van der Waals surface area contributed by atoms with Crippen LogP contribution in [0.4, 0.5) is 5.13 Å². The van der Waals surface area contributed by atoms with Crippen molar-refractivity contribution in [1.82, 2.24) is 4.98 Å². The zero-order valence-corrected chi connectivity index (χ0v) is 17.5. The van der Waals surface area contributed by atoms with E-state index in [9.17, 15) is 9.59 Å². The summed E-state index contributed by atoms with van der Waals surface area (Å²) >= 11 is 1.45. The zero-order chi connectivity index (χ0) is 21.1. The number of nitrogens with zero attached hydrogens (tertiary/aromatic N) is 2. The van der Waals surface area contributed by atoms with Crippen molar-refractivity contribution in [3.8, 4) is 5.75 Å². The van der Waals surface area contributed by atoms with Crippen LogP contribution in [0.1, 0.15) is 33.2 Å². The summed E-state index contributed by atoms with van der Waals surface area (Å²) in [5.41, 5.74) is 2.90. The third-order valence-electron chi connectivity index (χ3n) is 4.78. The molecule has 0 saturated heterocycles. The maximum atomic E-state index is 13.4. The second-order valence-electron chi connectivity index (χ2n) is 6.84. The van der Waals surface area contributed by atoms with Gasteiger partial charge in [0.15, 0.2) is 10.9 Å². The molecule has 0 radical (unpaired) electrons. The Kier molecular flexibility index (Phi) is 5.59. The van der Waals surface area contributed by atoms with E-state index in [-0.39, 0.29) is 11.7 Å². The summed E-state index contributed by atoms with van der Waals surface area (Å²) in [6.45, 7) is 1.90. The molecule has 4 aromatic rings. The SMILES string of the molecule is COc1ccc2nc(N(Cc3ccccc3)C(=O)c3ccc(C(C)=O)cc3)sc2c1. The van der Waals surface area contributed by atoms with Gasteiger partial charge in [-0.3, -0.25) is 14.5 Å². The van der Waals surface area contributed by atoms with Crippen LogP contribution < -0.4 is 9.64 Å². The highest BCUT2D eigenvalue weighted by Crippen LogP contribution is 2.33. The summed E-state index contributed by atoms with van der Waals surface area (Å²) in [4.78, 5) is 31.3. The molecule has 0 saturated carbocycles. The zero-order valence-electron chi connectivity index (χ0n) is 16.7. The molecular weight excluding hydrogens is 396 g/mol. The highest BCUT2D eigenvalue weighted by Gasteiger charge is 2.22. The number of benzene rings is 3. The minimum absolute atomic E-state index is 0.0322. The van der Waals surface area contributed by atoms with Gasteiger partial charge in [0.1, 0.15) is 5.75 Å². The third kappa shape index (κ3) is 4.09. The predicted octanol–water partition coefficient (Wildman–Crippen LogP) is 5.35. The van der Waals surface area contributed by atoms with Crippen LogP contribution in [0.15, 0.2) is 72.8 Å². The Labute approximate surface area is 178 Å². The highest BCUT2D eigenvalue weighted by atomic mass is 32.1. The van der Waals surface area contributed by atoms with Gasteiger partial charge < -0.3 is 4.74 Å². The fourth-order valence-electron chi connectivity index (χ4n) is 3.13. The van der Waals surface area contributed by atoms with Crippen LogP contribution in [-0.2, 0) is 6.54 Å². The van der Waals surface area contributed by atoms with Gasteiger partial charge in [-0.25, -0.2) is 4.98 Å². The van der Waals surface area contributed by atoms with Gasteiger partial charge in [0.05, 0.1) is 23.9 Å². The average Bonchev–Trinajstić information content (AvgIpc) is 3.20. The number of methoxy groups -OCH3 is 1. The van der Waals surface area contributed by atoms with E-state index < -0.39 is 0 Å². The summed E-state index contributed by atoms with van der Waals surface area (Å²) in [7, 11) is 1.62. The average molecular weight is 417 g/mol. The Morgan fingerprint density at radius 1 is 0.967 bits per heavy atom. The lowest BCUT2D eigenvalue weighted by molar-refractivity contribution is 0.0981. The monoisotopic (exact) mass is 416 g/mol. The van der Waals surface area contributed by atoms with Crippen LogP contribution >= 0.6 is 11.3 Å². The number of amides is 1. The maximum absolute atomic E-state index is 13.4. The molecule has 0 fully saturated rings. The Balaban J connectivity index is 1.74. The molecule has 6 heteroatoms. The number of rotatable bonds is 6. The van der Waals surface area contributed by atoms with Crippen molar-refractivity contribution in [1.29, 1.82) is 0 Å². The van der Waals surface area contributed by atoms with Gasteiger partial charge in [-0.05, 0) is 42.8 Å². The summed E-state index contributed by atoms with van der Waals surface area (Å²) in [5, 5.41) is 0.614. The molecule has 0 bridgehead atoms. The molecule has 0 unspecified atom stereocenters. The van der Waals surface area contributed by atoms with Gasteiger partial charge in [-0.2, -0.15) is 0 Å². The van der Waals surface area contributed by atoms with Crippen LogP contribution in [0, 0.1) is 0 Å². The molecule has 1 heterocycles. The van der Waals surface area contributed by atoms with E-state index in [1.54, 1.807) is 36.3 Å². The Bertz CT molecular complexity index is 1200. The lowest BCUT2D eigenvalue weighted by Crippen LogP contribution is -2.30. The van der Waals surface area contributed by atoms with E-state index in [1.807, 2.05) is 48.5 Å². The van der Waals surface area contributed by atoms with Gasteiger partial charge in [0.2, 0.25) is 0 Å². The normalized spacial score (nSPS) is 10.7. The van der Waals surface area contributed by atoms with Crippen LogP contribution in [0.25, 0.3) is 10.2 Å². The smallest absolute Gasteiger partial charge is 0.260 e. The Morgan fingerprint density at radius 3 is 2.33 bits per heavy atom. The topological polar surface area (TPSA) is 59.5 Å². The molecular formula is C24H20N2O3S. The van der Waals surface area contributed by atoms with Gasteiger partial charge in [-0.15, -0.1) is 0 Å². The van der Waals surface area contributed by atoms with Crippen molar-refractivity contribution >= 4 is 38.4 Å². The summed E-state index contributed by atoms with van der Waals surface area (Å²) in [6.07, 6.45) is 0. The van der Waals surface area contributed by atoms with Crippen molar-refractivity contribution in [3.05, 3.63) is 89.5 Å². The lowest BCUT2D eigenvalue weighted by Gasteiger charge is -2.20. The molecule has 4 rings (SSSR count). The lowest BCUT2D eigenvalue weighted by atomic mass is 10.1. The first-order valence-corrected chi connectivity index (χ1v) is 10.3. The first-order valence-electron chi connectivity index (χ1n) is 9.46. The molecule has 3 aromatic carbocycles. The van der Waals surface area contributed by atoms with Crippen molar-refractivity contribution in [2.24, 2.45) is 0 Å². The highest BCUT2D eigenvalue weighted by molar-refractivity contribution is 7.22. The van der Waals surface area contributed by atoms with E-state index in [4.69, 9.17) is 9.72 Å². The third-order valence-corrected chi connectivity index (χ3v) is 5.82. The molecule has 0 aliphatic rings. The molecule has 1 amide bonds. The number of fused-ring (bicyclic) bond motifs is 1. The fourth-order valence-corrected chi connectivity index (χ4v) is 4.12. The van der Waals surface area contributed by atoms with Crippen molar-refractivity contribution < 1.29 is 14.3 Å². The van der Waals surface area contributed by atoms with Crippen molar-refractivity contribution in [2.75, 3.05) is 12.0 Å². The molecule has 0 N–H and O–H groups in total. The van der Waals surface area contributed by atoms with Crippen LogP contribution in [-0.4, -0.2) is 23.8 Å². The largest absolute Gasteiger partial charge is 0.497 e. The molecule has 30 heavy (non-hydrogen) atoms. The molecule has 0 atom stereocenters. The molecule has 1 aromatic heterocycles. The molecule has 0 aliphatic carbocycles. The standard InChI is InChI=1S/C24H20N2O3S/c1-16(27)18-8-10-19(11-9-18)23(28)26(15-17-6-4-3-5-7-17)24-25-21-13-12-20(29-2)14-22(21)30-24/h3-14H,15H2,1-2H3. The number of hydrogen-bond acceptors (Lipinski definition) is 5. The number of hydrogen-bond donors (Lipinski definition) is 0. The van der Waals surface area contributed by atoms with Crippen molar-refractivity contribution in [2.45, 2.75) is 13.5 Å². The van der Waals surface area contributed by atoms with E-state index in [0.29, 0.717) is 22.8 Å². The second-order valence-corrected chi connectivity index (χ2v) is 7.85. The van der Waals surface area contributed by atoms with Gasteiger partial charge in [-0.1, -0.05) is 53.8 Å². The van der Waals surface area contributed by atoms with E-state index in [0.717, 1.165) is 21.5 Å². The molecule has 0 spiro atoms. The van der Waals surface area contributed by atoms with Gasteiger partial charge in [0, 0.05) is 11.1 Å². The van der Waals surface area contributed by atoms with Crippen LogP contribution in [0.5, 0.6) is 5.75 Å². The second kappa shape index (κ2) is 8.47. The van der Waals surface area contributed by atoms with E-state index in [2.05, 4.69) is 0 Å². The summed E-state index contributed by atoms with van der Waals surface area (Å²) in [6, 6.07) is 22.2.